The second kappa shape index (κ2) is 7.30. The van der Waals surface area contributed by atoms with E-state index in [0.29, 0.717) is 23.4 Å². The highest BCUT2D eigenvalue weighted by atomic mass is 79.9. The first kappa shape index (κ1) is 18.5. The van der Waals surface area contributed by atoms with Gasteiger partial charge in [-0.2, -0.15) is 0 Å². The molecule has 1 amide bonds. The fourth-order valence-corrected chi connectivity index (χ4v) is 3.84. The molecule has 0 unspecified atom stereocenters. The summed E-state index contributed by atoms with van der Waals surface area (Å²) in [5, 5.41) is 11.4. The van der Waals surface area contributed by atoms with Gasteiger partial charge in [-0.1, -0.05) is 46.3 Å². The van der Waals surface area contributed by atoms with E-state index in [-0.39, 0.29) is 12.2 Å². The van der Waals surface area contributed by atoms with Gasteiger partial charge in [-0.05, 0) is 35.9 Å². The van der Waals surface area contributed by atoms with Crippen LogP contribution in [0.25, 0.3) is 0 Å². The van der Waals surface area contributed by atoms with Crippen molar-refractivity contribution in [3.05, 3.63) is 94.2 Å². The Morgan fingerprint density at radius 2 is 1.89 bits per heavy atom. The third-order valence-corrected chi connectivity index (χ3v) is 5.37. The molecular weight excluding hydrogens is 420 g/mol. The topological polar surface area (TPSA) is 70.5 Å². The number of rotatable bonds is 5. The Bertz CT molecular complexity index is 1040. The lowest BCUT2D eigenvalue weighted by Gasteiger charge is -2.23. The highest BCUT2D eigenvalue weighted by molar-refractivity contribution is 9.10. The van der Waals surface area contributed by atoms with Crippen LogP contribution in [0.4, 0.5) is 5.69 Å². The van der Waals surface area contributed by atoms with Gasteiger partial charge in [-0.15, -0.1) is 0 Å². The summed E-state index contributed by atoms with van der Waals surface area (Å²) in [5.41, 5.74) is 0.425. The van der Waals surface area contributed by atoms with Gasteiger partial charge in [-0.25, -0.2) is 0 Å². The van der Waals surface area contributed by atoms with E-state index in [1.54, 1.807) is 30.5 Å². The van der Waals surface area contributed by atoms with Crippen LogP contribution in [0.2, 0.25) is 0 Å². The summed E-state index contributed by atoms with van der Waals surface area (Å²) in [4.78, 5) is 31.5. The van der Waals surface area contributed by atoms with Crippen molar-refractivity contribution in [2.24, 2.45) is 0 Å². The van der Waals surface area contributed by atoms with Gasteiger partial charge in [0.25, 0.3) is 5.91 Å². The Kier molecular flexibility index (Phi) is 4.83. The molecule has 28 heavy (non-hydrogen) atoms. The molecule has 2 aromatic carbocycles. The van der Waals surface area contributed by atoms with Crippen LogP contribution in [-0.4, -0.2) is 21.8 Å². The van der Waals surface area contributed by atoms with E-state index in [9.17, 15) is 14.7 Å². The largest absolute Gasteiger partial charge is 0.375 e. The van der Waals surface area contributed by atoms with Crippen molar-refractivity contribution in [1.82, 2.24) is 4.98 Å². The molecule has 1 aliphatic rings. The quantitative estimate of drug-likeness (QED) is 0.616. The van der Waals surface area contributed by atoms with Crippen LogP contribution in [0.5, 0.6) is 0 Å². The van der Waals surface area contributed by atoms with E-state index in [1.807, 2.05) is 36.4 Å². The third kappa shape index (κ3) is 3.25. The Hall–Kier alpha value is -2.83. The lowest BCUT2D eigenvalue weighted by atomic mass is 9.88. The fourth-order valence-electron chi connectivity index (χ4n) is 3.48. The zero-order valence-electron chi connectivity index (χ0n) is 14.9. The summed E-state index contributed by atoms with van der Waals surface area (Å²) in [6, 6.07) is 18.1. The molecule has 1 aliphatic heterocycles. The smallest absolute Gasteiger partial charge is 0.264 e. The number of hydrogen-bond donors (Lipinski definition) is 1. The number of carbonyl (C=O) groups is 2. The van der Waals surface area contributed by atoms with Crippen molar-refractivity contribution in [2.75, 3.05) is 4.90 Å². The van der Waals surface area contributed by atoms with Crippen LogP contribution in [0.3, 0.4) is 0 Å². The van der Waals surface area contributed by atoms with E-state index in [2.05, 4.69) is 20.9 Å². The van der Waals surface area contributed by atoms with Gasteiger partial charge in [0.1, 0.15) is 0 Å². The number of anilines is 1. The van der Waals surface area contributed by atoms with Gasteiger partial charge < -0.3 is 10.0 Å². The number of benzene rings is 2. The fraction of sp³-hybridized carbons (Fsp3) is 0.136. The van der Waals surface area contributed by atoms with Gasteiger partial charge >= 0.3 is 0 Å². The first-order valence-electron chi connectivity index (χ1n) is 8.80. The number of halogens is 1. The van der Waals surface area contributed by atoms with Crippen LogP contribution in [0.15, 0.2) is 77.5 Å². The van der Waals surface area contributed by atoms with Crippen LogP contribution in [-0.2, 0) is 16.9 Å². The molecule has 6 heteroatoms. The number of pyridine rings is 1. The molecule has 0 fully saturated rings. The number of aromatic nitrogens is 1. The van der Waals surface area contributed by atoms with Crippen molar-refractivity contribution in [3.8, 4) is 0 Å². The normalized spacial score (nSPS) is 18.2. The average Bonchev–Trinajstić information content (AvgIpc) is 2.91. The summed E-state index contributed by atoms with van der Waals surface area (Å²) in [7, 11) is 0. The van der Waals surface area contributed by atoms with Crippen molar-refractivity contribution >= 4 is 33.3 Å². The minimum absolute atomic E-state index is 0.317. The molecule has 0 bridgehead atoms. The molecule has 1 atom stereocenters. The number of aliphatic hydroxyl groups is 1. The predicted molar refractivity (Wildman–Crippen MR) is 109 cm³/mol. The molecule has 0 aliphatic carbocycles. The summed E-state index contributed by atoms with van der Waals surface area (Å²) >= 11 is 3.40. The van der Waals surface area contributed by atoms with Gasteiger partial charge in [0.05, 0.1) is 18.7 Å². The lowest BCUT2D eigenvalue weighted by Crippen LogP contribution is -2.41. The van der Waals surface area contributed by atoms with Crippen LogP contribution in [0.1, 0.15) is 27.9 Å². The second-order valence-corrected chi connectivity index (χ2v) is 7.66. The summed E-state index contributed by atoms with van der Waals surface area (Å²) in [5.74, 6) is -0.835. The monoisotopic (exact) mass is 436 g/mol. The maximum absolute atomic E-state index is 13.3. The molecule has 0 radical (unpaired) electrons. The number of amides is 1. The van der Waals surface area contributed by atoms with Crippen molar-refractivity contribution in [2.45, 2.75) is 18.6 Å². The molecule has 140 valence electrons. The first-order valence-corrected chi connectivity index (χ1v) is 9.60. The molecule has 3 aromatic rings. The zero-order chi connectivity index (χ0) is 19.7. The molecule has 5 nitrogen and oxygen atoms in total. The average molecular weight is 437 g/mol. The van der Waals surface area contributed by atoms with E-state index in [4.69, 9.17) is 0 Å². The summed E-state index contributed by atoms with van der Waals surface area (Å²) in [6.07, 6.45) is 2.67. The Labute approximate surface area is 170 Å². The number of ketones is 1. The third-order valence-electron chi connectivity index (χ3n) is 4.88. The summed E-state index contributed by atoms with van der Waals surface area (Å²) in [6.45, 7) is 0.317. The maximum Gasteiger partial charge on any atom is 0.264 e. The van der Waals surface area contributed by atoms with Crippen molar-refractivity contribution in [1.29, 1.82) is 0 Å². The van der Waals surface area contributed by atoms with Crippen molar-refractivity contribution < 1.29 is 14.7 Å². The molecule has 2 heterocycles. The van der Waals surface area contributed by atoms with Crippen molar-refractivity contribution in [3.63, 3.8) is 0 Å². The van der Waals surface area contributed by atoms with Crippen LogP contribution >= 0.6 is 15.9 Å². The number of nitrogens with zero attached hydrogens (tertiary/aromatic N) is 2. The molecule has 0 saturated heterocycles. The maximum atomic E-state index is 13.3. The van der Waals surface area contributed by atoms with Gasteiger partial charge in [0.15, 0.2) is 11.4 Å². The lowest BCUT2D eigenvalue weighted by molar-refractivity contribution is -0.136. The minimum atomic E-state index is -1.92. The zero-order valence-corrected chi connectivity index (χ0v) is 16.5. The Balaban J connectivity index is 1.72. The number of Topliss-reactive ketones (excluding diaryl/α,β-unsaturated/α-hetero) is 1. The Morgan fingerprint density at radius 1 is 1.11 bits per heavy atom. The van der Waals surface area contributed by atoms with Gasteiger partial charge in [-0.3, -0.25) is 14.6 Å². The Morgan fingerprint density at radius 3 is 2.61 bits per heavy atom. The van der Waals surface area contributed by atoms with E-state index >= 15 is 0 Å². The van der Waals surface area contributed by atoms with Gasteiger partial charge in [0.2, 0.25) is 0 Å². The SMILES string of the molecule is O=C(C[C@]1(O)C(=O)N(Cc2ccccc2)c2ccc(Br)cc21)c1cccnc1. The summed E-state index contributed by atoms with van der Waals surface area (Å²) < 4.78 is 0.730. The van der Waals surface area contributed by atoms with E-state index < -0.39 is 11.5 Å². The van der Waals surface area contributed by atoms with Crippen LogP contribution in [0, 0.1) is 0 Å². The molecule has 1 aromatic heterocycles. The van der Waals surface area contributed by atoms with Crippen LogP contribution < -0.4 is 4.90 Å². The number of hydrogen-bond acceptors (Lipinski definition) is 4. The minimum Gasteiger partial charge on any atom is -0.375 e. The molecular formula is C22H17BrN2O3. The number of carbonyl (C=O) groups excluding carboxylic acids is 2. The van der Waals surface area contributed by atoms with Gasteiger partial charge in [0, 0.05) is 28.0 Å². The van der Waals surface area contributed by atoms with E-state index in [0.717, 1.165) is 10.0 Å². The predicted octanol–water partition coefficient (Wildman–Crippen LogP) is 3.85. The molecule has 0 spiro atoms. The molecule has 4 rings (SSSR count). The highest BCUT2D eigenvalue weighted by Gasteiger charge is 2.51. The number of fused-ring (bicyclic) bond motifs is 1. The first-order chi connectivity index (χ1) is 13.5. The molecule has 0 saturated carbocycles. The second-order valence-electron chi connectivity index (χ2n) is 6.74. The van der Waals surface area contributed by atoms with E-state index in [1.165, 1.54) is 11.1 Å². The molecule has 1 N–H and O–H groups in total. The highest BCUT2D eigenvalue weighted by Crippen LogP contribution is 2.44. The standard InChI is InChI=1S/C22H17BrN2O3/c23-17-8-9-19-18(11-17)22(28,12-20(26)16-7-4-10-24-13-16)21(27)25(19)14-15-5-2-1-3-6-15/h1-11,13,28H,12,14H2/t22-/m1/s1.